The van der Waals surface area contributed by atoms with E-state index in [2.05, 4.69) is 26.1 Å². The number of carbonyl (C=O) groups is 5. The Morgan fingerprint density at radius 1 is 0.833 bits per heavy atom. The Morgan fingerprint density at radius 3 is 2.17 bits per heavy atom. The third-order valence-electron chi connectivity index (χ3n) is 12.6. The molecule has 4 fully saturated rings. The van der Waals surface area contributed by atoms with Gasteiger partial charge in [-0.05, 0) is 116 Å². The topological polar surface area (TPSA) is 168 Å². The molecule has 0 aromatic rings. The summed E-state index contributed by atoms with van der Waals surface area (Å²) in [6.45, 7) is 12.2. The van der Waals surface area contributed by atoms with E-state index in [0.29, 0.717) is 29.6 Å². The van der Waals surface area contributed by atoms with E-state index in [9.17, 15) is 24.0 Å². The normalized spacial score (nSPS) is 31.8. The number of hydrogen-bond acceptors (Lipinski definition) is 7. The monoisotopic (exact) mass is 678 g/mol. The van der Waals surface area contributed by atoms with Crippen LogP contribution < -0.4 is 10.6 Å². The largest absolute Gasteiger partial charge is 0.480 e. The van der Waals surface area contributed by atoms with Crippen LogP contribution in [0.15, 0.2) is 0 Å². The van der Waals surface area contributed by atoms with Crippen LogP contribution in [0.1, 0.15) is 131 Å². The molecule has 0 heterocycles. The van der Waals surface area contributed by atoms with Crippen LogP contribution in [-0.4, -0.2) is 59.5 Å². The summed E-state index contributed by atoms with van der Waals surface area (Å²) in [7, 11) is 0. The zero-order valence-electron chi connectivity index (χ0n) is 30.2. The molecule has 0 saturated heterocycles. The van der Waals surface area contributed by atoms with Crippen molar-refractivity contribution < 1.29 is 43.7 Å². The summed E-state index contributed by atoms with van der Waals surface area (Å²) in [6.07, 6.45) is 16.2. The summed E-state index contributed by atoms with van der Waals surface area (Å²) in [4.78, 5) is 55.3. The molecule has 4 rings (SSSR count). The molecule has 0 radical (unpaired) electrons. The number of aliphatic carboxylic acids is 2. The van der Waals surface area contributed by atoms with Gasteiger partial charge in [0.1, 0.15) is 12.6 Å². The first kappa shape index (κ1) is 39.6. The number of carboxylic acid groups (broad SMARTS) is 2. The first-order chi connectivity index (χ1) is 22.6. The number of rotatable bonds is 13. The average Bonchev–Trinajstić information content (AvgIpc) is 3.39. The molecule has 274 valence electrons. The molecule has 0 bridgehead atoms. The van der Waals surface area contributed by atoms with Crippen LogP contribution in [0.4, 0.5) is 4.79 Å². The second kappa shape index (κ2) is 17.7. The van der Waals surface area contributed by atoms with Gasteiger partial charge in [-0.15, -0.1) is 0 Å². The van der Waals surface area contributed by atoms with Crippen LogP contribution >= 0.6 is 0 Å². The highest BCUT2D eigenvalue weighted by Gasteiger charge is 2.60. The predicted molar refractivity (Wildman–Crippen MR) is 181 cm³/mol. The van der Waals surface area contributed by atoms with E-state index in [1.54, 1.807) is 6.92 Å². The first-order valence-corrected chi connectivity index (χ1v) is 18.4. The van der Waals surface area contributed by atoms with Gasteiger partial charge in [-0.3, -0.25) is 14.4 Å². The van der Waals surface area contributed by atoms with E-state index >= 15 is 0 Å². The van der Waals surface area contributed by atoms with Gasteiger partial charge < -0.3 is 30.3 Å². The zero-order chi connectivity index (χ0) is 35.6. The lowest BCUT2D eigenvalue weighted by molar-refractivity contribution is -0.167. The minimum absolute atomic E-state index is 0.112. The van der Waals surface area contributed by atoms with Crippen molar-refractivity contribution in [2.75, 3.05) is 13.3 Å². The molecular weight excluding hydrogens is 616 g/mol. The Bertz CT molecular complexity index is 1130. The Kier molecular flexibility index (Phi) is 14.6. The standard InChI is InChI=1S/C28H46O4.C9H16N2O5/c1-5-25(29)31-18-32-26(30)14-9-19(2)22-12-13-23-21-11-10-20-8-6-7-16-27(20,3)24(21)15-17-28(22,23)4;1-5(2)3-6(8(14)15)11-9(16)10-4-7(12)13/h19-24H,5-18H2,1-4H3;5-6H,3-4H2,1-2H3,(H,12,13)(H,14,15)(H2,10,11,16)/t19-,20?,21?,22?,23?,24?,27?,28?;/m1./s1. The molecule has 4 aliphatic carbocycles. The molecule has 11 heteroatoms. The molecule has 2 amide bonds. The second-order valence-electron chi connectivity index (χ2n) is 15.9. The SMILES string of the molecule is CC(C)CC(NC(=O)NCC(=O)O)C(=O)O.CCC(=O)OCOC(=O)CC[C@@H](C)C1CCC2C3CCC4CCCCC4(C)C3CCC21C. The van der Waals surface area contributed by atoms with Gasteiger partial charge in [0, 0.05) is 12.8 Å². The smallest absolute Gasteiger partial charge is 0.326 e. The lowest BCUT2D eigenvalue weighted by Crippen LogP contribution is -2.53. The molecule has 0 aromatic carbocycles. The first-order valence-electron chi connectivity index (χ1n) is 18.4. The van der Waals surface area contributed by atoms with Gasteiger partial charge in [0.05, 0.1) is 0 Å². The van der Waals surface area contributed by atoms with Crippen LogP contribution in [0.25, 0.3) is 0 Å². The van der Waals surface area contributed by atoms with Crippen molar-refractivity contribution in [1.82, 2.24) is 10.6 Å². The summed E-state index contributed by atoms with van der Waals surface area (Å²) in [5.74, 6) is 2.22. The van der Waals surface area contributed by atoms with Crippen LogP contribution in [0, 0.1) is 52.3 Å². The maximum absolute atomic E-state index is 12.1. The third kappa shape index (κ3) is 10.1. The number of carboxylic acids is 2. The second-order valence-corrected chi connectivity index (χ2v) is 15.9. The van der Waals surface area contributed by atoms with Crippen LogP contribution in [0.5, 0.6) is 0 Å². The predicted octanol–water partition coefficient (Wildman–Crippen LogP) is 6.78. The Labute approximate surface area is 287 Å². The number of urea groups is 1. The molecule has 8 unspecified atom stereocenters. The summed E-state index contributed by atoms with van der Waals surface area (Å²) in [5, 5.41) is 21.3. The average molecular weight is 679 g/mol. The summed E-state index contributed by atoms with van der Waals surface area (Å²) >= 11 is 0. The lowest BCUT2D eigenvalue weighted by Gasteiger charge is -2.61. The molecule has 9 atom stereocenters. The number of fused-ring (bicyclic) bond motifs is 5. The quantitative estimate of drug-likeness (QED) is 0.121. The number of nitrogens with one attached hydrogen (secondary N) is 2. The van der Waals surface area contributed by atoms with Gasteiger partial charge in [-0.1, -0.05) is 54.4 Å². The number of hydrogen-bond donors (Lipinski definition) is 4. The highest BCUT2D eigenvalue weighted by Crippen LogP contribution is 2.68. The van der Waals surface area contributed by atoms with Gasteiger partial charge in [0.2, 0.25) is 6.79 Å². The molecule has 4 N–H and O–H groups in total. The summed E-state index contributed by atoms with van der Waals surface area (Å²) < 4.78 is 9.98. The Morgan fingerprint density at radius 2 is 1.52 bits per heavy atom. The summed E-state index contributed by atoms with van der Waals surface area (Å²) in [5.41, 5.74) is 1.05. The van der Waals surface area contributed by atoms with E-state index < -0.39 is 30.6 Å². The van der Waals surface area contributed by atoms with Gasteiger partial charge in [-0.25, -0.2) is 9.59 Å². The van der Waals surface area contributed by atoms with Gasteiger partial charge in [0.15, 0.2) is 0 Å². The van der Waals surface area contributed by atoms with Crippen molar-refractivity contribution in [3.05, 3.63) is 0 Å². The molecule has 11 nitrogen and oxygen atoms in total. The van der Waals surface area contributed by atoms with Crippen LogP contribution in [-0.2, 0) is 28.7 Å². The van der Waals surface area contributed by atoms with Gasteiger partial charge in [0.25, 0.3) is 0 Å². The van der Waals surface area contributed by atoms with Crippen molar-refractivity contribution in [3.8, 4) is 0 Å². The van der Waals surface area contributed by atoms with E-state index in [0.717, 1.165) is 36.0 Å². The summed E-state index contributed by atoms with van der Waals surface area (Å²) in [6, 6.07) is -1.80. The highest BCUT2D eigenvalue weighted by atomic mass is 16.7. The van der Waals surface area contributed by atoms with Gasteiger partial charge >= 0.3 is 29.9 Å². The van der Waals surface area contributed by atoms with E-state index in [-0.39, 0.29) is 31.1 Å². The molecular formula is C37H62N2O9. The van der Waals surface area contributed by atoms with Crippen molar-refractivity contribution in [2.45, 2.75) is 137 Å². The highest BCUT2D eigenvalue weighted by molar-refractivity contribution is 5.84. The number of ether oxygens (including phenoxy) is 2. The minimum Gasteiger partial charge on any atom is -0.480 e. The fourth-order valence-corrected chi connectivity index (χ4v) is 10.2. The third-order valence-corrected chi connectivity index (χ3v) is 12.6. The molecule has 0 aromatic heterocycles. The number of esters is 2. The maximum atomic E-state index is 12.1. The van der Waals surface area contributed by atoms with E-state index in [1.807, 2.05) is 19.2 Å². The van der Waals surface area contributed by atoms with Crippen molar-refractivity contribution in [1.29, 1.82) is 0 Å². The molecule has 48 heavy (non-hydrogen) atoms. The Balaban J connectivity index is 0.000000332. The molecule has 0 aliphatic heterocycles. The van der Waals surface area contributed by atoms with Crippen molar-refractivity contribution in [3.63, 3.8) is 0 Å². The van der Waals surface area contributed by atoms with Crippen LogP contribution in [0.2, 0.25) is 0 Å². The Hall–Kier alpha value is -2.85. The van der Waals surface area contributed by atoms with E-state index in [4.69, 9.17) is 19.7 Å². The fraction of sp³-hybridized carbons (Fsp3) is 0.865. The minimum atomic E-state index is -1.19. The van der Waals surface area contributed by atoms with Gasteiger partial charge in [-0.2, -0.15) is 0 Å². The number of carbonyl (C=O) groups excluding carboxylic acids is 3. The molecule has 4 saturated carbocycles. The number of amides is 2. The molecule has 0 spiro atoms. The maximum Gasteiger partial charge on any atom is 0.326 e. The fourth-order valence-electron chi connectivity index (χ4n) is 10.2. The van der Waals surface area contributed by atoms with Crippen molar-refractivity contribution in [2.24, 2.45) is 52.3 Å². The zero-order valence-corrected chi connectivity index (χ0v) is 30.2. The molecule has 4 aliphatic rings. The lowest BCUT2D eigenvalue weighted by atomic mass is 9.44. The van der Waals surface area contributed by atoms with E-state index in [1.165, 1.54) is 64.2 Å². The van der Waals surface area contributed by atoms with Crippen LogP contribution in [0.3, 0.4) is 0 Å². The van der Waals surface area contributed by atoms with Crippen molar-refractivity contribution >= 4 is 29.9 Å².